The number of rotatable bonds is 7. The van der Waals surface area contributed by atoms with Crippen molar-refractivity contribution in [1.82, 2.24) is 5.32 Å². The van der Waals surface area contributed by atoms with E-state index >= 15 is 0 Å². The number of methoxy groups -OCH3 is 1. The van der Waals surface area contributed by atoms with Crippen molar-refractivity contribution in [2.75, 3.05) is 20.3 Å². The molecule has 0 heterocycles. The number of hydrogen-bond acceptors (Lipinski definition) is 4. The molecule has 5 heteroatoms. The minimum atomic E-state index is -0.358. The topological polar surface area (TPSA) is 64.6 Å². The van der Waals surface area contributed by atoms with Crippen molar-refractivity contribution in [3.63, 3.8) is 0 Å². The summed E-state index contributed by atoms with van der Waals surface area (Å²) in [5.74, 6) is 0.161. The summed E-state index contributed by atoms with van der Waals surface area (Å²) in [6.07, 6.45) is 0.678. The zero-order valence-corrected chi connectivity index (χ0v) is 13.9. The summed E-state index contributed by atoms with van der Waals surface area (Å²) in [5, 5.41) is 2.81. The van der Waals surface area contributed by atoms with Crippen LogP contribution in [0.25, 0.3) is 0 Å². The number of amides is 1. The Kier molecular flexibility index (Phi) is 6.37. The summed E-state index contributed by atoms with van der Waals surface area (Å²) in [7, 11) is 1.35. The van der Waals surface area contributed by atoms with E-state index in [1.807, 2.05) is 43.3 Å². The minimum Gasteiger partial charge on any atom is -0.484 e. The third kappa shape index (κ3) is 5.43. The fraction of sp³-hybridized carbons (Fsp3) is 0.263. The first-order valence-electron chi connectivity index (χ1n) is 7.72. The van der Waals surface area contributed by atoms with Gasteiger partial charge in [0.15, 0.2) is 6.61 Å². The zero-order chi connectivity index (χ0) is 17.4. The quantitative estimate of drug-likeness (QED) is 0.794. The van der Waals surface area contributed by atoms with Gasteiger partial charge in [-0.25, -0.2) is 4.79 Å². The van der Waals surface area contributed by atoms with Crippen LogP contribution in [0.2, 0.25) is 0 Å². The third-order valence-corrected chi connectivity index (χ3v) is 3.47. The van der Waals surface area contributed by atoms with Crippen LogP contribution in [0.1, 0.15) is 21.5 Å². The van der Waals surface area contributed by atoms with Crippen molar-refractivity contribution in [3.8, 4) is 5.75 Å². The van der Waals surface area contributed by atoms with Crippen LogP contribution >= 0.6 is 0 Å². The maximum absolute atomic E-state index is 11.8. The number of esters is 1. The van der Waals surface area contributed by atoms with Crippen LogP contribution in [0, 0.1) is 6.92 Å². The molecular formula is C19H21NO4. The normalized spacial score (nSPS) is 10.1. The van der Waals surface area contributed by atoms with Crippen molar-refractivity contribution < 1.29 is 19.1 Å². The van der Waals surface area contributed by atoms with Gasteiger partial charge in [0.2, 0.25) is 0 Å². The van der Waals surface area contributed by atoms with Crippen LogP contribution in [0.5, 0.6) is 5.75 Å². The van der Waals surface area contributed by atoms with Crippen LogP contribution in [0.4, 0.5) is 0 Å². The fourth-order valence-electron chi connectivity index (χ4n) is 2.18. The summed E-state index contributed by atoms with van der Waals surface area (Å²) >= 11 is 0. The summed E-state index contributed by atoms with van der Waals surface area (Å²) < 4.78 is 10.1. The Morgan fingerprint density at radius 3 is 2.50 bits per heavy atom. The number of aryl methyl sites for hydroxylation is 1. The Morgan fingerprint density at radius 1 is 1.08 bits per heavy atom. The maximum atomic E-state index is 11.8. The molecule has 0 aliphatic carbocycles. The first-order chi connectivity index (χ1) is 11.6. The molecule has 0 aliphatic heterocycles. The molecular weight excluding hydrogens is 306 g/mol. The van der Waals surface area contributed by atoms with Gasteiger partial charge in [0.25, 0.3) is 5.91 Å². The lowest BCUT2D eigenvalue weighted by molar-refractivity contribution is -0.123. The van der Waals surface area contributed by atoms with Gasteiger partial charge < -0.3 is 14.8 Å². The molecule has 0 aromatic heterocycles. The molecule has 24 heavy (non-hydrogen) atoms. The Balaban J connectivity index is 1.71. The molecule has 0 aliphatic rings. The maximum Gasteiger partial charge on any atom is 0.337 e. The lowest BCUT2D eigenvalue weighted by Gasteiger charge is -2.08. The molecule has 0 bridgehead atoms. The van der Waals surface area contributed by atoms with Gasteiger partial charge in [0.1, 0.15) is 5.75 Å². The largest absolute Gasteiger partial charge is 0.484 e. The Labute approximate surface area is 141 Å². The third-order valence-electron chi connectivity index (χ3n) is 3.47. The van der Waals surface area contributed by atoms with E-state index in [1.54, 1.807) is 12.1 Å². The predicted octanol–water partition coefficient (Wildman–Crippen LogP) is 2.52. The van der Waals surface area contributed by atoms with Crippen molar-refractivity contribution in [1.29, 1.82) is 0 Å². The highest BCUT2D eigenvalue weighted by Crippen LogP contribution is 2.12. The molecule has 2 aromatic rings. The molecule has 0 saturated heterocycles. The van der Waals surface area contributed by atoms with E-state index in [0.29, 0.717) is 24.3 Å². The number of carbonyl (C=O) groups is 2. The lowest BCUT2D eigenvalue weighted by Crippen LogP contribution is -2.30. The summed E-state index contributed by atoms with van der Waals surface area (Å²) in [5.41, 5.74) is 2.63. The molecule has 1 N–H and O–H groups in total. The first kappa shape index (κ1) is 17.5. The first-order valence-corrected chi connectivity index (χ1v) is 7.72. The van der Waals surface area contributed by atoms with Crippen LogP contribution < -0.4 is 10.1 Å². The van der Waals surface area contributed by atoms with E-state index in [4.69, 9.17) is 4.74 Å². The summed E-state index contributed by atoms with van der Waals surface area (Å²) in [6.45, 7) is 2.47. The van der Waals surface area contributed by atoms with E-state index in [-0.39, 0.29) is 18.5 Å². The molecule has 5 nitrogen and oxygen atoms in total. The van der Waals surface area contributed by atoms with E-state index in [1.165, 1.54) is 7.11 Å². The monoisotopic (exact) mass is 327 g/mol. The summed E-state index contributed by atoms with van der Waals surface area (Å²) in [4.78, 5) is 23.1. The SMILES string of the molecule is COC(=O)c1ccc(CCNC(=O)COc2cccc(C)c2)cc1. The highest BCUT2D eigenvalue weighted by atomic mass is 16.5. The smallest absolute Gasteiger partial charge is 0.337 e. The van der Waals surface area contributed by atoms with E-state index in [9.17, 15) is 9.59 Å². The van der Waals surface area contributed by atoms with Gasteiger partial charge in [-0.2, -0.15) is 0 Å². The number of hydrogen-bond donors (Lipinski definition) is 1. The predicted molar refractivity (Wildman–Crippen MR) is 91.2 cm³/mol. The molecule has 2 aromatic carbocycles. The molecule has 0 spiro atoms. The molecule has 0 radical (unpaired) electrons. The average molecular weight is 327 g/mol. The molecule has 0 unspecified atom stereocenters. The Morgan fingerprint density at radius 2 is 1.83 bits per heavy atom. The number of ether oxygens (including phenoxy) is 2. The Bertz CT molecular complexity index is 695. The van der Waals surface area contributed by atoms with Crippen LogP contribution in [0.15, 0.2) is 48.5 Å². The van der Waals surface area contributed by atoms with E-state index in [2.05, 4.69) is 10.1 Å². The number of nitrogens with one attached hydrogen (secondary N) is 1. The van der Waals surface area contributed by atoms with Gasteiger partial charge in [0, 0.05) is 6.54 Å². The molecule has 126 valence electrons. The van der Waals surface area contributed by atoms with Crippen LogP contribution in [-0.4, -0.2) is 32.1 Å². The molecule has 0 fully saturated rings. The van der Waals surface area contributed by atoms with Crippen molar-refractivity contribution in [3.05, 3.63) is 65.2 Å². The number of benzene rings is 2. The van der Waals surface area contributed by atoms with Gasteiger partial charge in [-0.3, -0.25) is 4.79 Å². The van der Waals surface area contributed by atoms with Crippen molar-refractivity contribution in [2.45, 2.75) is 13.3 Å². The molecule has 2 rings (SSSR count). The molecule has 0 saturated carbocycles. The van der Waals surface area contributed by atoms with Crippen LogP contribution in [0.3, 0.4) is 0 Å². The van der Waals surface area contributed by atoms with Crippen molar-refractivity contribution >= 4 is 11.9 Å². The number of carbonyl (C=O) groups excluding carboxylic acids is 2. The zero-order valence-electron chi connectivity index (χ0n) is 13.9. The molecule has 0 atom stereocenters. The second kappa shape index (κ2) is 8.72. The Hall–Kier alpha value is -2.82. The fourth-order valence-corrected chi connectivity index (χ4v) is 2.18. The van der Waals surface area contributed by atoms with Gasteiger partial charge in [-0.15, -0.1) is 0 Å². The minimum absolute atomic E-state index is 0.00919. The highest BCUT2D eigenvalue weighted by Gasteiger charge is 2.05. The van der Waals surface area contributed by atoms with E-state index in [0.717, 1.165) is 11.1 Å². The molecule has 1 amide bonds. The van der Waals surface area contributed by atoms with Gasteiger partial charge in [-0.1, -0.05) is 24.3 Å². The standard InChI is InChI=1S/C19H21NO4/c1-14-4-3-5-17(12-14)24-13-18(21)20-11-10-15-6-8-16(9-7-15)19(22)23-2/h3-9,12H,10-11,13H2,1-2H3,(H,20,21). The van der Waals surface area contributed by atoms with Gasteiger partial charge in [-0.05, 0) is 48.7 Å². The lowest BCUT2D eigenvalue weighted by atomic mass is 10.1. The van der Waals surface area contributed by atoms with Gasteiger partial charge >= 0.3 is 5.97 Å². The second-order valence-corrected chi connectivity index (χ2v) is 5.39. The highest BCUT2D eigenvalue weighted by molar-refractivity contribution is 5.89. The average Bonchev–Trinajstić information content (AvgIpc) is 2.60. The van der Waals surface area contributed by atoms with Gasteiger partial charge in [0.05, 0.1) is 12.7 Å². The van der Waals surface area contributed by atoms with Crippen LogP contribution in [-0.2, 0) is 16.0 Å². The summed E-state index contributed by atoms with van der Waals surface area (Å²) in [6, 6.07) is 14.7. The van der Waals surface area contributed by atoms with Crippen molar-refractivity contribution in [2.24, 2.45) is 0 Å². The second-order valence-electron chi connectivity index (χ2n) is 5.39. The van der Waals surface area contributed by atoms with E-state index < -0.39 is 0 Å².